The van der Waals surface area contributed by atoms with E-state index in [-0.39, 0.29) is 18.1 Å². The largest absolute Gasteiger partial charge is 0.462 e. The first-order valence-electron chi connectivity index (χ1n) is 10.7. The Kier molecular flexibility index (Phi) is 6.48. The third kappa shape index (κ3) is 5.04. The highest BCUT2D eigenvalue weighted by Gasteiger charge is 2.27. The normalized spacial score (nSPS) is 12.4. The Morgan fingerprint density at radius 2 is 1.45 bits per heavy atom. The predicted octanol–water partition coefficient (Wildman–Crippen LogP) is 5.41. The molecule has 1 aromatic heterocycles. The smallest absolute Gasteiger partial charge is 0.323 e. The number of esters is 1. The molecule has 2 N–H and O–H groups in total. The van der Waals surface area contributed by atoms with E-state index in [1.807, 2.05) is 74.6 Å². The molecule has 1 atom stereocenters. The van der Waals surface area contributed by atoms with Gasteiger partial charge in [0.25, 0.3) is 0 Å². The van der Waals surface area contributed by atoms with Crippen LogP contribution in [0.5, 0.6) is 0 Å². The summed E-state index contributed by atoms with van der Waals surface area (Å²) in [4.78, 5) is 16.4. The Morgan fingerprint density at radius 3 is 2.06 bits per heavy atom. The van der Waals surface area contributed by atoms with Crippen molar-refractivity contribution in [1.82, 2.24) is 10.3 Å². The average Bonchev–Trinajstić information content (AvgIpc) is 3.20. The van der Waals surface area contributed by atoms with E-state index < -0.39 is 6.04 Å². The van der Waals surface area contributed by atoms with Crippen molar-refractivity contribution < 1.29 is 9.53 Å². The monoisotopic (exact) mass is 412 g/mol. The zero-order valence-corrected chi connectivity index (χ0v) is 17.9. The SMILES string of the molecule is CC(C)OC(=O)C(Cc1c[nH]c2ccccc12)NC(c1ccccc1)c1ccccc1. The number of hydrogen-bond acceptors (Lipinski definition) is 3. The lowest BCUT2D eigenvalue weighted by atomic mass is 9.96. The maximum absolute atomic E-state index is 13.1. The number of carbonyl (C=O) groups is 1. The summed E-state index contributed by atoms with van der Waals surface area (Å²) >= 11 is 0. The standard InChI is InChI=1S/C27H28N2O2/c1-19(2)31-27(30)25(17-22-18-28-24-16-10-9-15-23(22)24)29-26(20-11-5-3-6-12-20)21-13-7-4-8-14-21/h3-16,18-19,25-26,28-29H,17H2,1-2H3. The first kappa shape index (κ1) is 20.9. The van der Waals surface area contributed by atoms with Crippen LogP contribution in [0.3, 0.4) is 0 Å². The summed E-state index contributed by atoms with van der Waals surface area (Å²) in [6.07, 6.45) is 2.35. The molecule has 0 amide bonds. The van der Waals surface area contributed by atoms with Crippen molar-refractivity contribution in [2.24, 2.45) is 0 Å². The van der Waals surface area contributed by atoms with Gasteiger partial charge >= 0.3 is 5.97 Å². The molecule has 4 heteroatoms. The van der Waals surface area contributed by atoms with Crippen LogP contribution in [0.2, 0.25) is 0 Å². The molecule has 0 aliphatic heterocycles. The van der Waals surface area contributed by atoms with E-state index >= 15 is 0 Å². The van der Waals surface area contributed by atoms with Gasteiger partial charge in [0, 0.05) is 23.5 Å². The van der Waals surface area contributed by atoms with Crippen molar-refractivity contribution in [3.63, 3.8) is 0 Å². The number of hydrogen-bond donors (Lipinski definition) is 2. The number of ether oxygens (including phenoxy) is 1. The molecule has 0 saturated heterocycles. The number of carbonyl (C=O) groups excluding carboxylic acids is 1. The molecule has 0 radical (unpaired) electrons. The van der Waals surface area contributed by atoms with Crippen LogP contribution in [-0.4, -0.2) is 23.1 Å². The minimum Gasteiger partial charge on any atom is -0.462 e. The van der Waals surface area contributed by atoms with E-state index in [0.29, 0.717) is 6.42 Å². The van der Waals surface area contributed by atoms with E-state index in [4.69, 9.17) is 4.74 Å². The number of benzene rings is 3. The third-order valence-corrected chi connectivity index (χ3v) is 5.37. The third-order valence-electron chi connectivity index (χ3n) is 5.37. The summed E-state index contributed by atoms with van der Waals surface area (Å²) < 4.78 is 5.63. The highest BCUT2D eigenvalue weighted by molar-refractivity contribution is 5.84. The van der Waals surface area contributed by atoms with Crippen molar-refractivity contribution in [3.05, 3.63) is 108 Å². The maximum atomic E-state index is 13.1. The fourth-order valence-electron chi connectivity index (χ4n) is 3.92. The van der Waals surface area contributed by atoms with Crippen LogP contribution >= 0.6 is 0 Å². The molecule has 1 unspecified atom stereocenters. The van der Waals surface area contributed by atoms with Crippen molar-refractivity contribution in [2.45, 2.75) is 38.5 Å². The molecule has 31 heavy (non-hydrogen) atoms. The van der Waals surface area contributed by atoms with Crippen molar-refractivity contribution >= 4 is 16.9 Å². The number of rotatable bonds is 8. The summed E-state index contributed by atoms with van der Waals surface area (Å²) in [6.45, 7) is 3.76. The highest BCUT2D eigenvalue weighted by atomic mass is 16.5. The van der Waals surface area contributed by atoms with Crippen LogP contribution in [-0.2, 0) is 16.0 Å². The molecule has 0 bridgehead atoms. The first-order valence-corrected chi connectivity index (χ1v) is 10.7. The Morgan fingerprint density at radius 1 is 0.871 bits per heavy atom. The van der Waals surface area contributed by atoms with Crippen LogP contribution in [0.1, 0.15) is 36.6 Å². The van der Waals surface area contributed by atoms with Gasteiger partial charge in [-0.25, -0.2) is 0 Å². The van der Waals surface area contributed by atoms with Gasteiger partial charge in [0.05, 0.1) is 12.1 Å². The number of aromatic nitrogens is 1. The molecule has 0 spiro atoms. The van der Waals surface area contributed by atoms with Gasteiger partial charge in [-0.05, 0) is 36.6 Å². The van der Waals surface area contributed by atoms with Crippen LogP contribution in [0.15, 0.2) is 91.1 Å². The molecule has 0 aliphatic rings. The summed E-state index contributed by atoms with van der Waals surface area (Å²) in [6, 6.07) is 28.0. The van der Waals surface area contributed by atoms with Crippen molar-refractivity contribution in [1.29, 1.82) is 0 Å². The van der Waals surface area contributed by atoms with Gasteiger partial charge < -0.3 is 9.72 Å². The quantitative estimate of drug-likeness (QED) is 0.381. The van der Waals surface area contributed by atoms with Gasteiger partial charge in [-0.15, -0.1) is 0 Å². The first-order chi connectivity index (χ1) is 15.1. The second kappa shape index (κ2) is 9.63. The van der Waals surface area contributed by atoms with Crippen molar-refractivity contribution in [2.75, 3.05) is 0 Å². The summed E-state index contributed by atoms with van der Waals surface area (Å²) in [7, 11) is 0. The Balaban J connectivity index is 1.68. The Labute approximate surface area is 183 Å². The van der Waals surface area contributed by atoms with Crippen molar-refractivity contribution in [3.8, 4) is 0 Å². The minimum atomic E-state index is -0.494. The molecule has 3 aromatic carbocycles. The van der Waals surface area contributed by atoms with Crippen LogP contribution in [0.25, 0.3) is 10.9 Å². The van der Waals surface area contributed by atoms with Gasteiger partial charge in [0.2, 0.25) is 0 Å². The number of H-pyrrole nitrogens is 1. The van der Waals surface area contributed by atoms with Crippen LogP contribution in [0, 0.1) is 0 Å². The molecular formula is C27H28N2O2. The van der Waals surface area contributed by atoms with E-state index in [1.165, 1.54) is 0 Å². The summed E-state index contributed by atoms with van der Waals surface area (Å²) in [5.41, 5.74) is 4.37. The lowest BCUT2D eigenvalue weighted by Crippen LogP contribution is -2.43. The molecule has 4 rings (SSSR count). The number of aromatic amines is 1. The van der Waals surface area contributed by atoms with Gasteiger partial charge in [-0.1, -0.05) is 78.9 Å². The predicted molar refractivity (Wildman–Crippen MR) is 125 cm³/mol. The van der Waals surface area contributed by atoms with E-state index in [0.717, 1.165) is 27.6 Å². The topological polar surface area (TPSA) is 54.1 Å². The number of nitrogens with one attached hydrogen (secondary N) is 2. The molecule has 0 fully saturated rings. The molecule has 1 heterocycles. The van der Waals surface area contributed by atoms with Crippen LogP contribution in [0.4, 0.5) is 0 Å². The molecule has 4 aromatic rings. The molecule has 4 nitrogen and oxygen atoms in total. The number of fused-ring (bicyclic) bond motifs is 1. The van der Waals surface area contributed by atoms with Crippen LogP contribution < -0.4 is 5.32 Å². The second-order valence-corrected chi connectivity index (χ2v) is 8.02. The maximum Gasteiger partial charge on any atom is 0.323 e. The molecule has 158 valence electrons. The average molecular weight is 413 g/mol. The Hall–Kier alpha value is -3.37. The molecule has 0 aliphatic carbocycles. The highest BCUT2D eigenvalue weighted by Crippen LogP contribution is 2.25. The van der Waals surface area contributed by atoms with E-state index in [2.05, 4.69) is 40.6 Å². The molecule has 0 saturated carbocycles. The lowest BCUT2D eigenvalue weighted by Gasteiger charge is -2.26. The second-order valence-electron chi connectivity index (χ2n) is 8.02. The summed E-state index contributed by atoms with van der Waals surface area (Å²) in [5, 5.41) is 4.73. The summed E-state index contributed by atoms with van der Waals surface area (Å²) in [5.74, 6) is -0.239. The van der Waals surface area contributed by atoms with Gasteiger partial charge in [0.15, 0.2) is 0 Å². The van der Waals surface area contributed by atoms with E-state index in [9.17, 15) is 4.79 Å². The van der Waals surface area contributed by atoms with Gasteiger partial charge in [-0.3, -0.25) is 10.1 Å². The zero-order valence-electron chi connectivity index (χ0n) is 17.9. The zero-order chi connectivity index (χ0) is 21.6. The van der Waals surface area contributed by atoms with Gasteiger partial charge in [0.1, 0.15) is 6.04 Å². The Bertz CT molecular complexity index is 1080. The number of para-hydroxylation sites is 1. The fourth-order valence-corrected chi connectivity index (χ4v) is 3.92. The molecular weight excluding hydrogens is 384 g/mol. The van der Waals surface area contributed by atoms with E-state index in [1.54, 1.807) is 0 Å². The van der Waals surface area contributed by atoms with Gasteiger partial charge in [-0.2, -0.15) is 0 Å². The fraction of sp³-hybridized carbons (Fsp3) is 0.222. The lowest BCUT2D eigenvalue weighted by molar-refractivity contribution is -0.150. The minimum absolute atomic E-state index is 0.127.